The molecule has 4 bridgehead atoms. The van der Waals surface area contributed by atoms with E-state index in [4.69, 9.17) is 4.74 Å². The molecule has 1 heterocycles. The van der Waals surface area contributed by atoms with Crippen LogP contribution in [0, 0.1) is 23.2 Å². The molecule has 3 amide bonds. The van der Waals surface area contributed by atoms with Gasteiger partial charge in [0.2, 0.25) is 11.8 Å². The smallest absolute Gasteiger partial charge is 0.338 e. The molecule has 4 saturated carbocycles. The van der Waals surface area contributed by atoms with Crippen molar-refractivity contribution in [1.82, 2.24) is 4.90 Å². The van der Waals surface area contributed by atoms with Crippen LogP contribution in [0.3, 0.4) is 0 Å². The molecule has 5 fully saturated rings. The van der Waals surface area contributed by atoms with Gasteiger partial charge in [-0.3, -0.25) is 14.4 Å². The van der Waals surface area contributed by atoms with Crippen LogP contribution in [-0.2, 0) is 19.1 Å². The second kappa shape index (κ2) is 10.5. The lowest BCUT2D eigenvalue weighted by atomic mass is 9.49. The number of hydrogen-bond donors (Lipinski definition) is 0. The Kier molecular flexibility index (Phi) is 7.11. The maximum absolute atomic E-state index is 14.5. The summed E-state index contributed by atoms with van der Waals surface area (Å²) in [5.74, 6) is 0.915. The fourth-order valence-electron chi connectivity index (χ4n) is 8.56. The van der Waals surface area contributed by atoms with Gasteiger partial charge in [-0.2, -0.15) is 0 Å². The van der Waals surface area contributed by atoms with Crippen LogP contribution in [0.5, 0.6) is 0 Å². The number of rotatable bonds is 8. The Morgan fingerprint density at radius 1 is 1.00 bits per heavy atom. The summed E-state index contributed by atoms with van der Waals surface area (Å²) in [7, 11) is 0. The number of amides is 3. The normalized spacial score (nSPS) is 31.4. The largest absolute Gasteiger partial charge is 0.462 e. The van der Waals surface area contributed by atoms with Gasteiger partial charge >= 0.3 is 5.97 Å². The SMILES string of the molecule is CCOC(=O)c1ccc(N2C(=O)CC(N(CCC3=CCCCC3)C(=O)C34CC5CC(CC(C5)C3)C4)C2=O)cc1. The van der Waals surface area contributed by atoms with Gasteiger partial charge in [0.1, 0.15) is 6.04 Å². The number of carbonyl (C=O) groups excluding carboxylic acids is 4. The predicted molar refractivity (Wildman–Crippen MR) is 147 cm³/mol. The van der Waals surface area contributed by atoms with Gasteiger partial charge in [0, 0.05) is 6.54 Å². The van der Waals surface area contributed by atoms with Crippen LogP contribution in [0.1, 0.15) is 94.3 Å². The minimum atomic E-state index is -0.771. The summed E-state index contributed by atoms with van der Waals surface area (Å²) in [6.45, 7) is 2.51. The van der Waals surface area contributed by atoms with E-state index in [1.54, 1.807) is 31.2 Å². The lowest BCUT2D eigenvalue weighted by Crippen LogP contribution is -2.57. The third-order valence-corrected chi connectivity index (χ3v) is 9.95. The van der Waals surface area contributed by atoms with E-state index >= 15 is 0 Å². The van der Waals surface area contributed by atoms with Crippen molar-refractivity contribution < 1.29 is 23.9 Å². The molecule has 1 saturated heterocycles. The zero-order valence-corrected chi connectivity index (χ0v) is 23.0. The number of carbonyl (C=O) groups is 4. The topological polar surface area (TPSA) is 84.0 Å². The molecule has 39 heavy (non-hydrogen) atoms. The molecule has 1 atom stereocenters. The summed E-state index contributed by atoms with van der Waals surface area (Å²) in [4.78, 5) is 56.7. The standard InChI is InChI=1S/C32H40N2O5/c1-2-39-30(37)25-8-10-26(11-9-25)34-28(35)17-27(29(34)36)33(13-12-21-6-4-3-5-7-21)31(38)32-18-22-14-23(19-32)16-24(15-22)20-32/h6,8-11,22-24,27H,2-5,7,12-20H2,1H3. The quantitative estimate of drug-likeness (QED) is 0.253. The van der Waals surface area contributed by atoms with E-state index in [1.807, 2.05) is 4.90 Å². The highest BCUT2D eigenvalue weighted by molar-refractivity contribution is 6.23. The first kappa shape index (κ1) is 26.3. The lowest BCUT2D eigenvalue weighted by Gasteiger charge is -2.57. The van der Waals surface area contributed by atoms with Gasteiger partial charge in [-0.25, -0.2) is 9.69 Å². The number of ether oxygens (including phenoxy) is 1. The van der Waals surface area contributed by atoms with Gasteiger partial charge < -0.3 is 9.64 Å². The highest BCUT2D eigenvalue weighted by Crippen LogP contribution is 2.60. The van der Waals surface area contributed by atoms with Gasteiger partial charge in [-0.15, -0.1) is 0 Å². The van der Waals surface area contributed by atoms with Crippen molar-refractivity contribution in [3.63, 3.8) is 0 Å². The molecule has 5 aliphatic carbocycles. The van der Waals surface area contributed by atoms with E-state index in [0.29, 0.717) is 35.5 Å². The number of allylic oxidation sites excluding steroid dienone is 1. The molecule has 208 valence electrons. The molecule has 1 aliphatic heterocycles. The van der Waals surface area contributed by atoms with Crippen LogP contribution < -0.4 is 4.90 Å². The molecule has 1 unspecified atom stereocenters. The van der Waals surface area contributed by atoms with Crippen LogP contribution in [0.4, 0.5) is 5.69 Å². The number of esters is 1. The molecular weight excluding hydrogens is 492 g/mol. The number of anilines is 1. The number of nitrogens with zero attached hydrogens (tertiary/aromatic N) is 2. The Hall–Kier alpha value is -2.96. The van der Waals surface area contributed by atoms with Crippen LogP contribution in [0.25, 0.3) is 0 Å². The van der Waals surface area contributed by atoms with E-state index in [2.05, 4.69) is 6.08 Å². The summed E-state index contributed by atoms with van der Waals surface area (Å²) in [5.41, 5.74) is 1.80. The van der Waals surface area contributed by atoms with Crippen LogP contribution in [0.15, 0.2) is 35.9 Å². The Labute approximate surface area is 230 Å². The average molecular weight is 533 g/mol. The highest BCUT2D eigenvalue weighted by Gasteiger charge is 2.57. The van der Waals surface area contributed by atoms with Gasteiger partial charge in [0.05, 0.1) is 29.7 Å². The summed E-state index contributed by atoms with van der Waals surface area (Å²) in [6, 6.07) is 5.61. The van der Waals surface area contributed by atoms with E-state index < -0.39 is 12.0 Å². The van der Waals surface area contributed by atoms with Crippen molar-refractivity contribution in [1.29, 1.82) is 0 Å². The average Bonchev–Trinajstić information content (AvgIpc) is 3.22. The third-order valence-electron chi connectivity index (χ3n) is 9.95. The van der Waals surface area contributed by atoms with Crippen LogP contribution in [-0.4, -0.2) is 47.8 Å². The van der Waals surface area contributed by atoms with E-state index in [0.717, 1.165) is 38.5 Å². The molecule has 0 spiro atoms. The Balaban J connectivity index is 1.26. The fourth-order valence-corrected chi connectivity index (χ4v) is 8.56. The van der Waals surface area contributed by atoms with E-state index in [-0.39, 0.29) is 36.2 Å². The van der Waals surface area contributed by atoms with Crippen molar-refractivity contribution in [3.8, 4) is 0 Å². The number of benzene rings is 1. The first-order valence-electron chi connectivity index (χ1n) is 15.0. The third kappa shape index (κ3) is 4.93. The molecule has 0 radical (unpaired) electrons. The first-order chi connectivity index (χ1) is 18.9. The van der Waals surface area contributed by atoms with Crippen molar-refractivity contribution in [2.75, 3.05) is 18.1 Å². The summed E-state index contributed by atoms with van der Waals surface area (Å²) in [6.07, 6.45) is 14.1. The van der Waals surface area contributed by atoms with Gasteiger partial charge in [0.25, 0.3) is 5.91 Å². The van der Waals surface area contributed by atoms with Gasteiger partial charge in [-0.05, 0) is 120 Å². The molecule has 1 aromatic rings. The molecule has 1 aromatic carbocycles. The van der Waals surface area contributed by atoms with Crippen molar-refractivity contribution >= 4 is 29.4 Å². The minimum Gasteiger partial charge on any atom is -0.462 e. The van der Waals surface area contributed by atoms with Crippen molar-refractivity contribution in [2.45, 2.75) is 90.0 Å². The molecule has 0 N–H and O–H groups in total. The molecule has 0 aromatic heterocycles. The Bertz CT molecular complexity index is 1150. The Morgan fingerprint density at radius 3 is 2.26 bits per heavy atom. The van der Waals surface area contributed by atoms with Crippen LogP contribution in [0.2, 0.25) is 0 Å². The van der Waals surface area contributed by atoms with Gasteiger partial charge in [0.15, 0.2) is 0 Å². The summed E-state index contributed by atoms with van der Waals surface area (Å²) < 4.78 is 5.05. The maximum atomic E-state index is 14.5. The molecular formula is C32H40N2O5. The second-order valence-corrected chi connectivity index (χ2v) is 12.6. The number of hydrogen-bond acceptors (Lipinski definition) is 5. The zero-order chi connectivity index (χ0) is 27.1. The summed E-state index contributed by atoms with van der Waals surface area (Å²) in [5, 5.41) is 0. The van der Waals surface area contributed by atoms with E-state index in [9.17, 15) is 19.2 Å². The highest BCUT2D eigenvalue weighted by atomic mass is 16.5. The summed E-state index contributed by atoms with van der Waals surface area (Å²) >= 11 is 0. The lowest BCUT2D eigenvalue weighted by molar-refractivity contribution is -0.161. The van der Waals surface area contributed by atoms with Crippen molar-refractivity contribution in [3.05, 3.63) is 41.5 Å². The molecule has 6 aliphatic rings. The fraction of sp³-hybridized carbons (Fsp3) is 0.625. The first-order valence-corrected chi connectivity index (χ1v) is 15.0. The van der Waals surface area contributed by atoms with E-state index in [1.165, 1.54) is 42.6 Å². The monoisotopic (exact) mass is 532 g/mol. The molecule has 7 rings (SSSR count). The Morgan fingerprint density at radius 2 is 1.67 bits per heavy atom. The minimum absolute atomic E-state index is 0.00954. The number of imide groups is 1. The van der Waals surface area contributed by atoms with Crippen LogP contribution >= 0.6 is 0 Å². The predicted octanol–water partition coefficient (Wildman–Crippen LogP) is 5.43. The molecule has 7 heteroatoms. The maximum Gasteiger partial charge on any atom is 0.338 e. The molecule has 7 nitrogen and oxygen atoms in total. The van der Waals surface area contributed by atoms with Crippen molar-refractivity contribution in [2.24, 2.45) is 23.2 Å². The zero-order valence-electron chi connectivity index (χ0n) is 23.0. The second-order valence-electron chi connectivity index (χ2n) is 12.6. The van der Waals surface area contributed by atoms with Gasteiger partial charge in [-0.1, -0.05) is 11.6 Å².